The van der Waals surface area contributed by atoms with Crippen LogP contribution >= 0.6 is 0 Å². The lowest BCUT2D eigenvalue weighted by atomic mass is 10.3. The van der Waals surface area contributed by atoms with Crippen molar-refractivity contribution in [3.63, 3.8) is 0 Å². The Kier molecular flexibility index (Phi) is 3.18. The number of rotatable bonds is 4. The molecule has 1 aromatic carbocycles. The highest BCUT2D eigenvalue weighted by Crippen LogP contribution is 2.15. The van der Waals surface area contributed by atoms with Crippen LogP contribution in [-0.4, -0.2) is 12.4 Å². The van der Waals surface area contributed by atoms with Crippen LogP contribution in [0.4, 0.5) is 8.78 Å². The van der Waals surface area contributed by atoms with Crippen LogP contribution in [0.25, 0.3) is 0 Å². The monoisotopic (exact) mass is 238 g/mol. The van der Waals surface area contributed by atoms with Gasteiger partial charge in [0, 0.05) is 18.2 Å². The summed E-state index contributed by atoms with van der Waals surface area (Å²) in [6.07, 6.45) is 1.36. The van der Waals surface area contributed by atoms with Crippen LogP contribution in [0.1, 0.15) is 10.6 Å². The highest BCUT2D eigenvalue weighted by atomic mass is 19.1. The first-order valence-corrected chi connectivity index (χ1v) is 4.81. The number of ether oxygens (including phenoxy) is 1. The highest BCUT2D eigenvalue weighted by Gasteiger charge is 2.10. The number of halogens is 2. The first-order chi connectivity index (χ1) is 8.15. The summed E-state index contributed by atoms with van der Waals surface area (Å²) in [5.41, 5.74) is 0. The van der Waals surface area contributed by atoms with Gasteiger partial charge in [-0.1, -0.05) is 0 Å². The van der Waals surface area contributed by atoms with Crippen molar-refractivity contribution in [3.8, 4) is 5.75 Å². The zero-order valence-corrected chi connectivity index (χ0v) is 8.65. The first kappa shape index (κ1) is 11.3. The van der Waals surface area contributed by atoms with Crippen molar-refractivity contribution in [1.82, 2.24) is 0 Å². The van der Waals surface area contributed by atoms with Crippen LogP contribution in [-0.2, 0) is 0 Å². The third-order valence-electron chi connectivity index (χ3n) is 2.00. The zero-order chi connectivity index (χ0) is 12.3. The second-order valence-corrected chi connectivity index (χ2v) is 3.29. The van der Waals surface area contributed by atoms with Gasteiger partial charge in [-0.2, -0.15) is 0 Å². The lowest BCUT2D eigenvalue weighted by Crippen LogP contribution is -2.10. The average molecular weight is 238 g/mol. The van der Waals surface area contributed by atoms with Gasteiger partial charge in [-0.25, -0.2) is 8.78 Å². The standard InChI is InChI=1S/C12H8F2O3/c13-8-4-9(14)6-10(5-8)17-7-11(15)12-2-1-3-16-12/h1-6H,7H2. The van der Waals surface area contributed by atoms with Crippen LogP contribution in [0.5, 0.6) is 5.75 Å². The lowest BCUT2D eigenvalue weighted by Gasteiger charge is -2.04. The molecule has 0 aliphatic rings. The van der Waals surface area contributed by atoms with Crippen molar-refractivity contribution in [2.45, 2.75) is 0 Å². The fourth-order valence-corrected chi connectivity index (χ4v) is 1.27. The van der Waals surface area contributed by atoms with Gasteiger partial charge >= 0.3 is 0 Å². The number of hydrogen-bond acceptors (Lipinski definition) is 3. The summed E-state index contributed by atoms with van der Waals surface area (Å²) in [5, 5.41) is 0. The molecule has 0 saturated carbocycles. The van der Waals surface area contributed by atoms with Crippen LogP contribution in [0.2, 0.25) is 0 Å². The van der Waals surface area contributed by atoms with E-state index in [1.165, 1.54) is 12.3 Å². The molecule has 0 N–H and O–H groups in total. The third-order valence-corrected chi connectivity index (χ3v) is 2.00. The third kappa shape index (κ3) is 2.90. The molecule has 0 atom stereocenters. The van der Waals surface area contributed by atoms with Crippen molar-refractivity contribution < 1.29 is 22.7 Å². The maximum atomic E-state index is 12.8. The Balaban J connectivity index is 2.00. The molecule has 3 nitrogen and oxygen atoms in total. The minimum atomic E-state index is -0.759. The largest absolute Gasteiger partial charge is 0.485 e. The number of carbonyl (C=O) groups is 1. The van der Waals surface area contributed by atoms with E-state index >= 15 is 0 Å². The second-order valence-electron chi connectivity index (χ2n) is 3.29. The smallest absolute Gasteiger partial charge is 0.235 e. The zero-order valence-electron chi connectivity index (χ0n) is 8.65. The van der Waals surface area contributed by atoms with Gasteiger partial charge in [-0.15, -0.1) is 0 Å². The van der Waals surface area contributed by atoms with E-state index < -0.39 is 17.4 Å². The van der Waals surface area contributed by atoms with Gasteiger partial charge in [0.1, 0.15) is 17.4 Å². The molecule has 2 aromatic rings. The Bertz CT molecular complexity index is 500. The molecule has 1 heterocycles. The molecule has 5 heteroatoms. The first-order valence-electron chi connectivity index (χ1n) is 4.81. The van der Waals surface area contributed by atoms with E-state index in [-0.39, 0.29) is 18.1 Å². The molecule has 0 aliphatic heterocycles. The van der Waals surface area contributed by atoms with Gasteiger partial charge < -0.3 is 9.15 Å². The summed E-state index contributed by atoms with van der Waals surface area (Å²) in [7, 11) is 0. The molecule has 1 aromatic heterocycles. The second kappa shape index (κ2) is 4.78. The maximum absolute atomic E-state index is 12.8. The van der Waals surface area contributed by atoms with Crippen LogP contribution in [0, 0.1) is 11.6 Å². The molecule has 2 rings (SSSR count). The van der Waals surface area contributed by atoms with Gasteiger partial charge in [0.2, 0.25) is 5.78 Å². The quantitative estimate of drug-likeness (QED) is 0.769. The number of hydrogen-bond donors (Lipinski definition) is 0. The molecule has 0 amide bonds. The summed E-state index contributed by atoms with van der Waals surface area (Å²) < 4.78 is 35.4. The highest BCUT2D eigenvalue weighted by molar-refractivity contribution is 5.94. The summed E-state index contributed by atoms with van der Waals surface area (Å²) in [6, 6.07) is 5.77. The summed E-state index contributed by atoms with van der Waals surface area (Å²) in [6.45, 7) is -0.337. The molecule has 88 valence electrons. The van der Waals surface area contributed by atoms with Crippen molar-refractivity contribution in [3.05, 3.63) is 54.0 Å². The predicted octanol–water partition coefficient (Wildman–Crippen LogP) is 2.82. The normalized spacial score (nSPS) is 10.2. The predicted molar refractivity (Wildman–Crippen MR) is 54.9 cm³/mol. The van der Waals surface area contributed by atoms with E-state index in [1.54, 1.807) is 6.07 Å². The van der Waals surface area contributed by atoms with Gasteiger partial charge in [-0.05, 0) is 12.1 Å². The molecular formula is C12H8F2O3. The van der Waals surface area contributed by atoms with Crippen LogP contribution < -0.4 is 4.74 Å². The molecule has 0 fully saturated rings. The van der Waals surface area contributed by atoms with E-state index in [0.29, 0.717) is 0 Å². The maximum Gasteiger partial charge on any atom is 0.235 e. The van der Waals surface area contributed by atoms with Crippen LogP contribution in [0.3, 0.4) is 0 Å². The molecule has 0 unspecified atom stereocenters. The van der Waals surface area contributed by atoms with Gasteiger partial charge in [-0.3, -0.25) is 4.79 Å². The van der Waals surface area contributed by atoms with Crippen molar-refractivity contribution in [2.75, 3.05) is 6.61 Å². The number of ketones is 1. The minimum Gasteiger partial charge on any atom is -0.485 e. The lowest BCUT2D eigenvalue weighted by molar-refractivity contribution is 0.0893. The number of Topliss-reactive ketones (excluding diaryl/α,β-unsaturated/α-hetero) is 1. The fourth-order valence-electron chi connectivity index (χ4n) is 1.27. The van der Waals surface area contributed by atoms with Crippen molar-refractivity contribution in [1.29, 1.82) is 0 Å². The van der Waals surface area contributed by atoms with Crippen LogP contribution in [0.15, 0.2) is 41.0 Å². The van der Waals surface area contributed by atoms with Crippen molar-refractivity contribution >= 4 is 5.78 Å². The van der Waals surface area contributed by atoms with Gasteiger partial charge in [0.15, 0.2) is 12.4 Å². The Hall–Kier alpha value is -2.17. The van der Waals surface area contributed by atoms with E-state index in [0.717, 1.165) is 18.2 Å². The molecule has 0 bridgehead atoms. The van der Waals surface area contributed by atoms with Crippen molar-refractivity contribution in [2.24, 2.45) is 0 Å². The SMILES string of the molecule is O=C(COc1cc(F)cc(F)c1)c1ccco1. The Morgan fingerprint density at radius 3 is 2.53 bits per heavy atom. The summed E-state index contributed by atoms with van der Waals surface area (Å²) >= 11 is 0. The number of carbonyl (C=O) groups excluding carboxylic acids is 1. The summed E-state index contributed by atoms with van der Waals surface area (Å²) in [5.74, 6) is -1.82. The summed E-state index contributed by atoms with van der Waals surface area (Å²) in [4.78, 5) is 11.4. The van der Waals surface area contributed by atoms with E-state index in [4.69, 9.17) is 9.15 Å². The topological polar surface area (TPSA) is 39.4 Å². The molecule has 0 radical (unpaired) electrons. The van der Waals surface area contributed by atoms with E-state index in [2.05, 4.69) is 0 Å². The Morgan fingerprint density at radius 2 is 1.94 bits per heavy atom. The molecule has 0 saturated heterocycles. The molecule has 0 aliphatic carbocycles. The Morgan fingerprint density at radius 1 is 1.24 bits per heavy atom. The van der Waals surface area contributed by atoms with E-state index in [9.17, 15) is 13.6 Å². The number of furan rings is 1. The minimum absolute atomic E-state index is 0.0394. The average Bonchev–Trinajstić information content (AvgIpc) is 2.78. The van der Waals surface area contributed by atoms with E-state index in [1.807, 2.05) is 0 Å². The van der Waals surface area contributed by atoms with Gasteiger partial charge in [0.05, 0.1) is 6.26 Å². The van der Waals surface area contributed by atoms with Gasteiger partial charge in [0.25, 0.3) is 0 Å². The molecule has 0 spiro atoms. The fraction of sp³-hybridized carbons (Fsp3) is 0.0833. The molecular weight excluding hydrogens is 230 g/mol. The number of benzene rings is 1. The Labute approximate surface area is 95.6 Å². The molecule has 17 heavy (non-hydrogen) atoms.